The lowest BCUT2D eigenvalue weighted by Gasteiger charge is -2.08. The van der Waals surface area contributed by atoms with Crippen LogP contribution in [0.1, 0.15) is 5.82 Å². The maximum absolute atomic E-state index is 12.4. The summed E-state index contributed by atoms with van der Waals surface area (Å²) >= 11 is 0. The minimum atomic E-state index is -3.70. The van der Waals surface area contributed by atoms with Crippen LogP contribution in [0.25, 0.3) is 5.65 Å². The number of pyridine rings is 1. The third-order valence-electron chi connectivity index (χ3n) is 2.88. The molecule has 2 heterocycles. The monoisotopic (exact) mass is 288 g/mol. The molecule has 0 saturated carbocycles. The number of hydrogen-bond donors (Lipinski definition) is 1. The van der Waals surface area contributed by atoms with Crippen LogP contribution in [-0.4, -0.2) is 23.0 Å². The zero-order valence-electron chi connectivity index (χ0n) is 10.7. The van der Waals surface area contributed by atoms with E-state index in [1.54, 1.807) is 47.9 Å². The van der Waals surface area contributed by atoms with Gasteiger partial charge in [-0.3, -0.25) is 9.12 Å². The molecule has 0 radical (unpaired) electrons. The van der Waals surface area contributed by atoms with Crippen LogP contribution >= 0.6 is 0 Å². The molecule has 0 bridgehead atoms. The summed E-state index contributed by atoms with van der Waals surface area (Å²) < 4.78 is 29.0. The van der Waals surface area contributed by atoms with Crippen LogP contribution in [0.15, 0.2) is 53.6 Å². The van der Waals surface area contributed by atoms with E-state index in [2.05, 4.69) is 14.9 Å². The fourth-order valence-electron chi connectivity index (χ4n) is 1.93. The topological polar surface area (TPSA) is 76.4 Å². The minimum absolute atomic E-state index is 0.101. The molecule has 0 aliphatic heterocycles. The second-order valence-electron chi connectivity index (χ2n) is 4.28. The van der Waals surface area contributed by atoms with Crippen molar-refractivity contribution in [1.29, 1.82) is 0 Å². The Bertz CT molecular complexity index is 856. The molecule has 0 saturated heterocycles. The first-order valence-electron chi connectivity index (χ1n) is 5.96. The van der Waals surface area contributed by atoms with Crippen molar-refractivity contribution in [3.8, 4) is 0 Å². The van der Waals surface area contributed by atoms with Gasteiger partial charge in [0.1, 0.15) is 10.7 Å². The molecule has 2 aromatic heterocycles. The van der Waals surface area contributed by atoms with Gasteiger partial charge in [0.2, 0.25) is 0 Å². The molecule has 7 heteroatoms. The van der Waals surface area contributed by atoms with Gasteiger partial charge >= 0.3 is 0 Å². The summed E-state index contributed by atoms with van der Waals surface area (Å²) in [5, 5.41) is 7.82. The van der Waals surface area contributed by atoms with Crippen LogP contribution in [0.4, 0.5) is 5.69 Å². The maximum Gasteiger partial charge on any atom is 0.265 e. The summed E-state index contributed by atoms with van der Waals surface area (Å²) in [4.78, 5) is 0.101. The van der Waals surface area contributed by atoms with Crippen LogP contribution in [0, 0.1) is 6.92 Å². The average Bonchev–Trinajstić information content (AvgIpc) is 2.81. The summed E-state index contributed by atoms with van der Waals surface area (Å²) in [6, 6.07) is 11.9. The average molecular weight is 288 g/mol. The maximum atomic E-state index is 12.4. The third-order valence-corrected chi connectivity index (χ3v) is 4.29. The molecule has 0 fully saturated rings. The highest BCUT2D eigenvalue weighted by Crippen LogP contribution is 2.19. The van der Waals surface area contributed by atoms with Crippen molar-refractivity contribution in [1.82, 2.24) is 14.6 Å². The Kier molecular flexibility index (Phi) is 2.90. The van der Waals surface area contributed by atoms with Crippen LogP contribution < -0.4 is 4.72 Å². The normalized spacial score (nSPS) is 11.7. The Morgan fingerprint density at radius 2 is 1.80 bits per heavy atom. The highest BCUT2D eigenvalue weighted by atomic mass is 32.2. The number of fused-ring (bicyclic) bond motifs is 1. The van der Waals surface area contributed by atoms with E-state index in [9.17, 15) is 8.42 Å². The Morgan fingerprint density at radius 1 is 1.05 bits per heavy atom. The molecule has 0 atom stereocenters. The lowest BCUT2D eigenvalue weighted by Crippen LogP contribution is -2.14. The number of nitrogens with zero attached hydrogens (tertiary/aromatic N) is 3. The Labute approximate surface area is 116 Å². The summed E-state index contributed by atoms with van der Waals surface area (Å²) in [6.07, 6.45) is 1.73. The van der Waals surface area contributed by atoms with Gasteiger partial charge in [0, 0.05) is 11.9 Å². The molecule has 20 heavy (non-hydrogen) atoms. The smallest absolute Gasteiger partial charge is 0.265 e. The van der Waals surface area contributed by atoms with Crippen molar-refractivity contribution in [2.45, 2.75) is 11.8 Å². The number of aromatic nitrogens is 3. The van der Waals surface area contributed by atoms with Crippen molar-refractivity contribution >= 4 is 21.4 Å². The number of anilines is 1. The van der Waals surface area contributed by atoms with E-state index in [0.29, 0.717) is 17.2 Å². The molecule has 3 aromatic rings. The Balaban J connectivity index is 2.10. The molecule has 0 aliphatic carbocycles. The summed E-state index contributed by atoms with van der Waals surface area (Å²) in [6.45, 7) is 1.76. The first kappa shape index (κ1) is 12.6. The molecule has 0 unspecified atom stereocenters. The number of rotatable bonds is 3. The molecule has 0 amide bonds. The van der Waals surface area contributed by atoms with Gasteiger partial charge in [0.25, 0.3) is 10.0 Å². The van der Waals surface area contributed by atoms with E-state index in [0.717, 1.165) is 0 Å². The van der Waals surface area contributed by atoms with Gasteiger partial charge in [-0.25, -0.2) is 8.42 Å². The van der Waals surface area contributed by atoms with E-state index < -0.39 is 10.0 Å². The standard InChI is InChI=1S/C13H12N4O2S/c1-10-14-15-13-12(8-5-9-17(10)13)20(18,19)16-11-6-3-2-4-7-11/h2-9,16H,1H3. The number of hydrogen-bond acceptors (Lipinski definition) is 4. The third kappa shape index (κ3) is 2.12. The molecule has 1 N–H and O–H groups in total. The highest BCUT2D eigenvalue weighted by molar-refractivity contribution is 7.93. The molecule has 3 rings (SSSR count). The predicted octanol–water partition coefficient (Wildman–Crippen LogP) is 1.84. The SMILES string of the molecule is Cc1nnc2c(S(=O)(=O)Nc3ccccc3)cccn12. The summed E-state index contributed by atoms with van der Waals surface area (Å²) in [7, 11) is -3.70. The fraction of sp³-hybridized carbons (Fsp3) is 0.0769. The molecule has 102 valence electrons. The van der Waals surface area contributed by atoms with E-state index >= 15 is 0 Å². The van der Waals surface area contributed by atoms with Gasteiger partial charge in [-0.05, 0) is 31.2 Å². The highest BCUT2D eigenvalue weighted by Gasteiger charge is 2.20. The zero-order chi connectivity index (χ0) is 14.2. The van der Waals surface area contributed by atoms with Gasteiger partial charge in [-0.15, -0.1) is 10.2 Å². The van der Waals surface area contributed by atoms with Crippen LogP contribution in [-0.2, 0) is 10.0 Å². The molecule has 6 nitrogen and oxygen atoms in total. The number of benzene rings is 1. The number of sulfonamides is 1. The van der Waals surface area contributed by atoms with Crippen molar-refractivity contribution in [3.05, 3.63) is 54.5 Å². The Morgan fingerprint density at radius 3 is 2.55 bits per heavy atom. The molecular formula is C13H12N4O2S. The van der Waals surface area contributed by atoms with Gasteiger partial charge in [0.05, 0.1) is 0 Å². The van der Waals surface area contributed by atoms with Crippen LogP contribution in [0.5, 0.6) is 0 Å². The van der Waals surface area contributed by atoms with Crippen LogP contribution in [0.2, 0.25) is 0 Å². The van der Waals surface area contributed by atoms with E-state index in [-0.39, 0.29) is 4.90 Å². The molecule has 1 aromatic carbocycles. The molecular weight excluding hydrogens is 276 g/mol. The van der Waals surface area contributed by atoms with Gasteiger partial charge < -0.3 is 0 Å². The molecule has 0 spiro atoms. The first-order valence-corrected chi connectivity index (χ1v) is 7.44. The number of nitrogens with one attached hydrogen (secondary N) is 1. The number of para-hydroxylation sites is 1. The largest absolute Gasteiger partial charge is 0.286 e. The number of aryl methyl sites for hydroxylation is 1. The van der Waals surface area contributed by atoms with E-state index in [1.807, 2.05) is 6.07 Å². The van der Waals surface area contributed by atoms with Crippen molar-refractivity contribution < 1.29 is 8.42 Å². The fourth-order valence-corrected chi connectivity index (χ4v) is 3.13. The molecule has 0 aliphatic rings. The zero-order valence-corrected chi connectivity index (χ0v) is 11.5. The lowest BCUT2D eigenvalue weighted by molar-refractivity contribution is 0.601. The Hall–Kier alpha value is -2.41. The van der Waals surface area contributed by atoms with Gasteiger partial charge in [0.15, 0.2) is 5.65 Å². The van der Waals surface area contributed by atoms with Crippen molar-refractivity contribution in [3.63, 3.8) is 0 Å². The van der Waals surface area contributed by atoms with Crippen molar-refractivity contribution in [2.24, 2.45) is 0 Å². The summed E-state index contributed by atoms with van der Waals surface area (Å²) in [5.41, 5.74) is 0.819. The quantitative estimate of drug-likeness (QED) is 0.798. The van der Waals surface area contributed by atoms with Crippen molar-refractivity contribution in [2.75, 3.05) is 4.72 Å². The van der Waals surface area contributed by atoms with Gasteiger partial charge in [-0.1, -0.05) is 18.2 Å². The van der Waals surface area contributed by atoms with E-state index in [1.165, 1.54) is 6.07 Å². The van der Waals surface area contributed by atoms with E-state index in [4.69, 9.17) is 0 Å². The second-order valence-corrected chi connectivity index (χ2v) is 5.94. The summed E-state index contributed by atoms with van der Waals surface area (Å²) in [5.74, 6) is 0.636. The first-order chi connectivity index (χ1) is 9.58. The second kappa shape index (κ2) is 4.61. The minimum Gasteiger partial charge on any atom is -0.286 e. The van der Waals surface area contributed by atoms with Crippen LogP contribution in [0.3, 0.4) is 0 Å². The van der Waals surface area contributed by atoms with Gasteiger partial charge in [-0.2, -0.15) is 0 Å². The lowest BCUT2D eigenvalue weighted by atomic mass is 10.3. The predicted molar refractivity (Wildman–Crippen MR) is 75.0 cm³/mol.